The van der Waals surface area contributed by atoms with Crippen LogP contribution in [0.5, 0.6) is 0 Å². The highest BCUT2D eigenvalue weighted by atomic mass is 35.5. The van der Waals surface area contributed by atoms with E-state index in [1.54, 1.807) is 12.1 Å². The van der Waals surface area contributed by atoms with Crippen LogP contribution < -0.4 is 5.32 Å². The minimum atomic E-state index is -0.00131. The fourth-order valence-electron chi connectivity index (χ4n) is 1.91. The Kier molecular flexibility index (Phi) is 5.62. The molecule has 0 saturated carbocycles. The standard InChI is InChI=1S/C15H16Cl2N2OS/c1-3-4-14(20)19-15-18-9(2)13(21-15)8-10-7-11(16)5-6-12(10)17/h5-7H,3-4,8H2,1-2H3,(H,18,19,20). The molecule has 2 rings (SSSR count). The van der Waals surface area contributed by atoms with Gasteiger partial charge < -0.3 is 5.32 Å². The van der Waals surface area contributed by atoms with Gasteiger partial charge in [-0.3, -0.25) is 4.79 Å². The molecule has 6 heteroatoms. The first-order valence-corrected chi connectivity index (χ1v) is 8.27. The van der Waals surface area contributed by atoms with Crippen molar-refractivity contribution in [3.63, 3.8) is 0 Å². The van der Waals surface area contributed by atoms with Gasteiger partial charge in [0.1, 0.15) is 0 Å². The van der Waals surface area contributed by atoms with E-state index in [4.69, 9.17) is 23.2 Å². The molecule has 0 radical (unpaired) electrons. The zero-order chi connectivity index (χ0) is 15.4. The topological polar surface area (TPSA) is 42.0 Å². The lowest BCUT2D eigenvalue weighted by Crippen LogP contribution is -2.10. The van der Waals surface area contributed by atoms with Crippen molar-refractivity contribution in [3.05, 3.63) is 44.4 Å². The molecule has 1 N–H and O–H groups in total. The second-order valence-electron chi connectivity index (χ2n) is 4.74. The smallest absolute Gasteiger partial charge is 0.226 e. The third kappa shape index (κ3) is 4.43. The molecular formula is C15H16Cl2N2OS. The number of nitrogens with one attached hydrogen (secondary N) is 1. The molecular weight excluding hydrogens is 327 g/mol. The molecule has 112 valence electrons. The number of amides is 1. The summed E-state index contributed by atoms with van der Waals surface area (Å²) >= 11 is 13.7. The number of halogens is 2. The van der Waals surface area contributed by atoms with Gasteiger partial charge in [-0.2, -0.15) is 0 Å². The van der Waals surface area contributed by atoms with E-state index >= 15 is 0 Å². The second kappa shape index (κ2) is 7.25. The van der Waals surface area contributed by atoms with Gasteiger partial charge in [0.05, 0.1) is 5.69 Å². The zero-order valence-electron chi connectivity index (χ0n) is 11.9. The van der Waals surface area contributed by atoms with Crippen molar-refractivity contribution < 1.29 is 4.79 Å². The molecule has 1 heterocycles. The lowest BCUT2D eigenvalue weighted by atomic mass is 10.1. The molecule has 1 aromatic carbocycles. The van der Waals surface area contributed by atoms with Crippen molar-refractivity contribution in [3.8, 4) is 0 Å². The van der Waals surface area contributed by atoms with E-state index in [2.05, 4.69) is 10.3 Å². The number of hydrogen-bond acceptors (Lipinski definition) is 3. The van der Waals surface area contributed by atoms with Crippen molar-refractivity contribution in [2.45, 2.75) is 33.1 Å². The van der Waals surface area contributed by atoms with Gasteiger partial charge in [0.25, 0.3) is 0 Å². The predicted octanol–water partition coefficient (Wildman–Crippen LogP) is 5.09. The summed E-state index contributed by atoms with van der Waals surface area (Å²) in [6.45, 7) is 3.90. The Morgan fingerprint density at radius 2 is 2.14 bits per heavy atom. The molecule has 2 aromatic rings. The van der Waals surface area contributed by atoms with Crippen LogP contribution in [0.15, 0.2) is 18.2 Å². The largest absolute Gasteiger partial charge is 0.302 e. The van der Waals surface area contributed by atoms with Crippen LogP contribution in [-0.2, 0) is 11.2 Å². The molecule has 0 aliphatic carbocycles. The fourth-order valence-corrected chi connectivity index (χ4v) is 3.29. The summed E-state index contributed by atoms with van der Waals surface area (Å²) in [5.41, 5.74) is 1.87. The number of thiazole rings is 1. The quantitative estimate of drug-likeness (QED) is 0.822. The summed E-state index contributed by atoms with van der Waals surface area (Å²) in [6, 6.07) is 5.42. The van der Waals surface area contributed by atoms with Gasteiger partial charge in [-0.1, -0.05) is 30.1 Å². The second-order valence-corrected chi connectivity index (χ2v) is 6.67. The number of rotatable bonds is 5. The highest BCUT2D eigenvalue weighted by molar-refractivity contribution is 7.15. The SMILES string of the molecule is CCCC(=O)Nc1nc(C)c(Cc2cc(Cl)ccc2Cl)s1. The lowest BCUT2D eigenvalue weighted by Gasteiger charge is -2.03. The van der Waals surface area contributed by atoms with Crippen LogP contribution >= 0.6 is 34.5 Å². The highest BCUT2D eigenvalue weighted by Crippen LogP contribution is 2.29. The molecule has 0 atom stereocenters. The van der Waals surface area contributed by atoms with E-state index in [0.717, 1.165) is 22.6 Å². The molecule has 3 nitrogen and oxygen atoms in total. The van der Waals surface area contributed by atoms with Gasteiger partial charge in [-0.15, -0.1) is 11.3 Å². The number of nitrogens with zero attached hydrogens (tertiary/aromatic N) is 1. The van der Waals surface area contributed by atoms with Crippen LogP contribution in [0.2, 0.25) is 10.0 Å². The first-order valence-electron chi connectivity index (χ1n) is 6.69. The van der Waals surface area contributed by atoms with E-state index in [-0.39, 0.29) is 5.91 Å². The minimum absolute atomic E-state index is 0.00131. The van der Waals surface area contributed by atoms with Crippen molar-refractivity contribution in [1.29, 1.82) is 0 Å². The van der Waals surface area contributed by atoms with Gasteiger partial charge in [-0.25, -0.2) is 4.98 Å². The Morgan fingerprint density at radius 1 is 1.38 bits per heavy atom. The number of hydrogen-bond donors (Lipinski definition) is 1. The number of anilines is 1. The fraction of sp³-hybridized carbons (Fsp3) is 0.333. The van der Waals surface area contributed by atoms with Crippen molar-refractivity contribution >= 4 is 45.6 Å². The average molecular weight is 343 g/mol. The Morgan fingerprint density at radius 3 is 2.86 bits per heavy atom. The van der Waals surface area contributed by atoms with Gasteiger partial charge in [0.2, 0.25) is 5.91 Å². The zero-order valence-corrected chi connectivity index (χ0v) is 14.2. The molecule has 1 aromatic heterocycles. The van der Waals surface area contributed by atoms with Gasteiger partial charge in [-0.05, 0) is 37.1 Å². The lowest BCUT2D eigenvalue weighted by molar-refractivity contribution is -0.116. The van der Waals surface area contributed by atoms with Crippen LogP contribution in [0, 0.1) is 6.92 Å². The number of aryl methyl sites for hydroxylation is 1. The van der Waals surface area contributed by atoms with E-state index in [0.29, 0.717) is 28.0 Å². The van der Waals surface area contributed by atoms with Gasteiger partial charge in [0, 0.05) is 27.8 Å². The average Bonchev–Trinajstić information content (AvgIpc) is 2.74. The first-order chi connectivity index (χ1) is 9.99. The molecule has 1 amide bonds. The van der Waals surface area contributed by atoms with Crippen molar-refractivity contribution in [1.82, 2.24) is 4.98 Å². The summed E-state index contributed by atoms with van der Waals surface area (Å²) < 4.78 is 0. The Bertz CT molecular complexity index is 655. The number of carbonyl (C=O) groups excluding carboxylic acids is 1. The molecule has 21 heavy (non-hydrogen) atoms. The minimum Gasteiger partial charge on any atom is -0.302 e. The van der Waals surface area contributed by atoms with Crippen LogP contribution in [-0.4, -0.2) is 10.9 Å². The van der Waals surface area contributed by atoms with Crippen LogP contribution in [0.1, 0.15) is 35.9 Å². The molecule has 0 aliphatic rings. The summed E-state index contributed by atoms with van der Waals surface area (Å²) in [5, 5.41) is 4.81. The third-order valence-corrected chi connectivity index (χ3v) is 4.65. The van der Waals surface area contributed by atoms with E-state index < -0.39 is 0 Å². The van der Waals surface area contributed by atoms with E-state index in [9.17, 15) is 4.79 Å². The molecule has 0 unspecified atom stereocenters. The Hall–Kier alpha value is -1.10. The van der Waals surface area contributed by atoms with Crippen LogP contribution in [0.3, 0.4) is 0 Å². The van der Waals surface area contributed by atoms with Crippen molar-refractivity contribution in [2.75, 3.05) is 5.32 Å². The van der Waals surface area contributed by atoms with Crippen LogP contribution in [0.25, 0.3) is 0 Å². The summed E-state index contributed by atoms with van der Waals surface area (Å²) in [4.78, 5) is 17.1. The maximum atomic E-state index is 11.6. The van der Waals surface area contributed by atoms with E-state index in [1.165, 1.54) is 11.3 Å². The highest BCUT2D eigenvalue weighted by Gasteiger charge is 2.12. The molecule has 0 fully saturated rings. The third-order valence-electron chi connectivity index (χ3n) is 2.97. The molecule has 0 spiro atoms. The van der Waals surface area contributed by atoms with Gasteiger partial charge in [0.15, 0.2) is 5.13 Å². The van der Waals surface area contributed by atoms with Crippen LogP contribution in [0.4, 0.5) is 5.13 Å². The van der Waals surface area contributed by atoms with Gasteiger partial charge >= 0.3 is 0 Å². The summed E-state index contributed by atoms with van der Waals surface area (Å²) in [6.07, 6.45) is 1.99. The Labute approximate surface area is 138 Å². The maximum absolute atomic E-state index is 11.6. The monoisotopic (exact) mass is 342 g/mol. The normalized spacial score (nSPS) is 10.7. The Balaban J connectivity index is 2.15. The van der Waals surface area contributed by atoms with Crippen molar-refractivity contribution in [2.24, 2.45) is 0 Å². The van der Waals surface area contributed by atoms with E-state index in [1.807, 2.05) is 19.9 Å². The molecule has 0 aliphatic heterocycles. The number of benzene rings is 1. The first kappa shape index (κ1) is 16.3. The molecule has 0 saturated heterocycles. The summed E-state index contributed by atoms with van der Waals surface area (Å²) in [7, 11) is 0. The maximum Gasteiger partial charge on any atom is 0.226 e. The molecule has 0 bridgehead atoms. The number of carbonyl (C=O) groups is 1. The number of aromatic nitrogens is 1. The summed E-state index contributed by atoms with van der Waals surface area (Å²) in [5.74, 6) is -0.00131. The predicted molar refractivity (Wildman–Crippen MR) is 89.7 cm³/mol.